The van der Waals surface area contributed by atoms with E-state index in [0.29, 0.717) is 16.8 Å². The van der Waals surface area contributed by atoms with Crippen molar-refractivity contribution in [1.82, 2.24) is 5.32 Å². The molecule has 0 aliphatic rings. The summed E-state index contributed by atoms with van der Waals surface area (Å²) in [6.45, 7) is 1.34. The Morgan fingerprint density at radius 1 is 0.812 bits per heavy atom. The lowest BCUT2D eigenvalue weighted by atomic mass is 9.99. The van der Waals surface area contributed by atoms with Gasteiger partial charge in [-0.2, -0.15) is 0 Å². The summed E-state index contributed by atoms with van der Waals surface area (Å²) in [4.78, 5) is 48.6. The highest BCUT2D eigenvalue weighted by atomic mass is 16.2. The average molecular weight is 429 g/mol. The normalized spacial score (nSPS) is 11.3. The van der Waals surface area contributed by atoms with Crippen LogP contribution in [0.25, 0.3) is 0 Å². The van der Waals surface area contributed by atoms with E-state index in [1.165, 1.54) is 6.92 Å². The molecule has 0 aliphatic heterocycles. The molecule has 0 aliphatic carbocycles. The van der Waals surface area contributed by atoms with Gasteiger partial charge in [0, 0.05) is 24.5 Å². The average Bonchev–Trinajstić information content (AvgIpc) is 2.79. The van der Waals surface area contributed by atoms with Crippen LogP contribution in [0.15, 0.2) is 78.9 Å². The topological polar surface area (TPSA) is 118 Å². The summed E-state index contributed by atoms with van der Waals surface area (Å²) in [7, 11) is 0. The third kappa shape index (κ3) is 5.66. The number of primary amides is 1. The molecule has 3 aromatic rings. The molecule has 3 amide bonds. The van der Waals surface area contributed by atoms with Gasteiger partial charge in [0.25, 0.3) is 5.91 Å². The van der Waals surface area contributed by atoms with Crippen LogP contribution in [-0.4, -0.2) is 29.5 Å². The minimum atomic E-state index is -0.969. The molecule has 3 rings (SSSR count). The third-order valence-electron chi connectivity index (χ3n) is 4.82. The fraction of sp³-hybridized carbons (Fsp3) is 0.120. The number of rotatable bonds is 8. The van der Waals surface area contributed by atoms with E-state index < -0.39 is 17.9 Å². The van der Waals surface area contributed by atoms with Crippen LogP contribution in [-0.2, 0) is 16.0 Å². The fourth-order valence-corrected chi connectivity index (χ4v) is 3.22. The van der Waals surface area contributed by atoms with E-state index in [9.17, 15) is 19.2 Å². The zero-order chi connectivity index (χ0) is 23.1. The highest BCUT2D eigenvalue weighted by Crippen LogP contribution is 2.16. The van der Waals surface area contributed by atoms with Gasteiger partial charge in [0.05, 0.1) is 11.3 Å². The van der Waals surface area contributed by atoms with Gasteiger partial charge in [0.1, 0.15) is 6.04 Å². The van der Waals surface area contributed by atoms with Gasteiger partial charge < -0.3 is 16.4 Å². The molecule has 0 saturated carbocycles. The van der Waals surface area contributed by atoms with E-state index in [0.717, 1.165) is 5.56 Å². The Morgan fingerprint density at radius 2 is 1.41 bits per heavy atom. The number of hydrogen-bond acceptors (Lipinski definition) is 4. The first-order chi connectivity index (χ1) is 15.3. The lowest BCUT2D eigenvalue weighted by molar-refractivity contribution is -0.119. The van der Waals surface area contributed by atoms with Gasteiger partial charge in [-0.05, 0) is 17.7 Å². The maximum Gasteiger partial charge on any atom is 0.254 e. The number of amides is 3. The van der Waals surface area contributed by atoms with Crippen LogP contribution in [0.4, 0.5) is 5.69 Å². The van der Waals surface area contributed by atoms with Crippen LogP contribution < -0.4 is 16.4 Å². The van der Waals surface area contributed by atoms with Crippen molar-refractivity contribution >= 4 is 29.2 Å². The van der Waals surface area contributed by atoms with Crippen molar-refractivity contribution in [2.45, 2.75) is 19.4 Å². The van der Waals surface area contributed by atoms with Crippen LogP contribution in [0.2, 0.25) is 0 Å². The van der Waals surface area contributed by atoms with Crippen LogP contribution in [0.5, 0.6) is 0 Å². The molecule has 0 fully saturated rings. The summed E-state index contributed by atoms with van der Waals surface area (Å²) in [6, 6.07) is 21.2. The molecule has 0 aromatic heterocycles. The molecule has 32 heavy (non-hydrogen) atoms. The summed E-state index contributed by atoms with van der Waals surface area (Å²) < 4.78 is 0. The summed E-state index contributed by atoms with van der Waals surface area (Å²) in [6.07, 6.45) is 0.156. The summed E-state index contributed by atoms with van der Waals surface area (Å²) in [5.41, 5.74) is 7.90. The predicted octanol–water partition coefficient (Wildman–Crippen LogP) is 2.70. The van der Waals surface area contributed by atoms with Gasteiger partial charge in [-0.15, -0.1) is 0 Å². The summed E-state index contributed by atoms with van der Waals surface area (Å²) >= 11 is 0. The smallest absolute Gasteiger partial charge is 0.254 e. The zero-order valence-electron chi connectivity index (χ0n) is 17.5. The van der Waals surface area contributed by atoms with Crippen molar-refractivity contribution in [3.8, 4) is 0 Å². The number of carbonyl (C=O) groups is 4. The van der Waals surface area contributed by atoms with Gasteiger partial charge in [-0.3, -0.25) is 19.2 Å². The lowest BCUT2D eigenvalue weighted by Crippen LogP contribution is -2.46. The third-order valence-corrected chi connectivity index (χ3v) is 4.82. The van der Waals surface area contributed by atoms with E-state index >= 15 is 0 Å². The van der Waals surface area contributed by atoms with Crippen molar-refractivity contribution in [3.05, 3.63) is 101 Å². The number of hydrogen-bond donors (Lipinski definition) is 3. The number of nitrogens with two attached hydrogens (primary N) is 1. The first-order valence-electron chi connectivity index (χ1n) is 10.0. The van der Waals surface area contributed by atoms with Crippen molar-refractivity contribution in [2.75, 3.05) is 5.32 Å². The molecule has 0 unspecified atom stereocenters. The Balaban J connectivity index is 1.72. The molecule has 4 N–H and O–H groups in total. The van der Waals surface area contributed by atoms with E-state index in [1.807, 2.05) is 6.07 Å². The standard InChI is InChI=1S/C25H23N3O4/c1-16(29)27-21-10-6-5-9-20(21)25(32)28-22(24(26)31)15-17-11-13-19(14-12-17)23(30)18-7-3-2-4-8-18/h2-14,22H,15H2,1H3,(H2,26,31)(H,27,29)(H,28,32)/t22-/m0/s1. The summed E-state index contributed by atoms with van der Waals surface area (Å²) in [5, 5.41) is 5.22. The molecule has 3 aromatic carbocycles. The first kappa shape index (κ1) is 22.4. The summed E-state index contributed by atoms with van der Waals surface area (Å²) in [5.74, 6) is -1.65. The number of ketones is 1. The van der Waals surface area contributed by atoms with Crippen LogP contribution in [0.1, 0.15) is 38.8 Å². The molecule has 0 radical (unpaired) electrons. The van der Waals surface area contributed by atoms with Crippen molar-refractivity contribution in [2.24, 2.45) is 5.73 Å². The van der Waals surface area contributed by atoms with Gasteiger partial charge in [0.15, 0.2) is 5.78 Å². The molecular weight excluding hydrogens is 406 g/mol. The molecule has 7 nitrogen and oxygen atoms in total. The van der Waals surface area contributed by atoms with Crippen LogP contribution in [0.3, 0.4) is 0 Å². The Bertz CT molecular complexity index is 1140. The second kappa shape index (κ2) is 10.2. The molecule has 162 valence electrons. The first-order valence-corrected chi connectivity index (χ1v) is 10.0. The minimum absolute atomic E-state index is 0.105. The minimum Gasteiger partial charge on any atom is -0.368 e. The molecule has 0 saturated heterocycles. The van der Waals surface area contributed by atoms with E-state index in [-0.39, 0.29) is 23.7 Å². The largest absolute Gasteiger partial charge is 0.368 e. The van der Waals surface area contributed by atoms with E-state index in [1.54, 1.807) is 72.8 Å². The number of nitrogens with one attached hydrogen (secondary N) is 2. The fourth-order valence-electron chi connectivity index (χ4n) is 3.22. The maximum absolute atomic E-state index is 12.7. The lowest BCUT2D eigenvalue weighted by Gasteiger charge is -2.17. The predicted molar refractivity (Wildman–Crippen MR) is 121 cm³/mol. The van der Waals surface area contributed by atoms with Crippen molar-refractivity contribution in [1.29, 1.82) is 0 Å². The van der Waals surface area contributed by atoms with Gasteiger partial charge in [-0.1, -0.05) is 66.7 Å². The Labute approximate surface area is 185 Å². The SMILES string of the molecule is CC(=O)Nc1ccccc1C(=O)N[C@@H](Cc1ccc(C(=O)c2ccccc2)cc1)C(N)=O. The van der Waals surface area contributed by atoms with Crippen molar-refractivity contribution < 1.29 is 19.2 Å². The zero-order valence-corrected chi connectivity index (χ0v) is 17.5. The van der Waals surface area contributed by atoms with Crippen LogP contribution >= 0.6 is 0 Å². The molecule has 0 bridgehead atoms. The Hall–Kier alpha value is -4.26. The van der Waals surface area contributed by atoms with Crippen LogP contribution in [0, 0.1) is 0 Å². The molecule has 0 heterocycles. The Kier molecular flexibility index (Phi) is 7.13. The van der Waals surface area contributed by atoms with Gasteiger partial charge >= 0.3 is 0 Å². The second-order valence-corrected chi connectivity index (χ2v) is 7.25. The molecule has 1 atom stereocenters. The second-order valence-electron chi connectivity index (χ2n) is 7.25. The Morgan fingerprint density at radius 3 is 2.03 bits per heavy atom. The van der Waals surface area contributed by atoms with Crippen molar-refractivity contribution in [3.63, 3.8) is 0 Å². The van der Waals surface area contributed by atoms with Gasteiger partial charge in [-0.25, -0.2) is 0 Å². The maximum atomic E-state index is 12.7. The number of benzene rings is 3. The van der Waals surface area contributed by atoms with E-state index in [4.69, 9.17) is 5.73 Å². The quantitative estimate of drug-likeness (QED) is 0.477. The number of para-hydroxylation sites is 1. The molecular formula is C25H23N3O4. The monoisotopic (exact) mass is 429 g/mol. The number of carbonyl (C=O) groups excluding carboxylic acids is 4. The highest BCUT2D eigenvalue weighted by molar-refractivity contribution is 6.09. The number of anilines is 1. The molecule has 0 spiro atoms. The highest BCUT2D eigenvalue weighted by Gasteiger charge is 2.21. The van der Waals surface area contributed by atoms with Gasteiger partial charge in [0.2, 0.25) is 11.8 Å². The molecule has 7 heteroatoms. The van der Waals surface area contributed by atoms with E-state index in [2.05, 4.69) is 10.6 Å².